The van der Waals surface area contributed by atoms with Gasteiger partial charge in [-0.25, -0.2) is 4.39 Å². The number of aromatic amines is 1. The number of hydrogen-bond donors (Lipinski definition) is 2. The Bertz CT molecular complexity index is 615. The second-order valence-corrected chi connectivity index (χ2v) is 4.96. The lowest BCUT2D eigenvalue weighted by Gasteiger charge is -2.07. The molecule has 2 rings (SSSR count). The first-order valence-electron chi connectivity index (χ1n) is 6.00. The van der Waals surface area contributed by atoms with Crippen LogP contribution in [-0.2, 0) is 11.2 Å². The van der Waals surface area contributed by atoms with Crippen molar-refractivity contribution in [3.63, 3.8) is 0 Å². The summed E-state index contributed by atoms with van der Waals surface area (Å²) in [6.45, 7) is 1.69. The van der Waals surface area contributed by atoms with Crippen molar-refractivity contribution < 1.29 is 13.9 Å². The molecule has 0 unspecified atom stereocenters. The molecule has 2 aromatic rings. The molecule has 1 aromatic heterocycles. The van der Waals surface area contributed by atoms with Gasteiger partial charge in [-0.15, -0.1) is 0 Å². The molecule has 0 saturated carbocycles. The molecule has 1 heterocycles. The average Bonchev–Trinajstić information content (AvgIpc) is 2.85. The van der Waals surface area contributed by atoms with Crippen LogP contribution in [0.1, 0.15) is 12.6 Å². The number of nitrogens with one attached hydrogen (secondary N) is 2. The standard InChI is InChI=1S/C13H13BrFN3O2/c1-2-9-6-12(18-17-9)16-13(19)7-20-11-4-3-8(14)5-10(11)15/h3-6H,2,7H2,1H3,(H2,16,17,18,19). The smallest absolute Gasteiger partial charge is 0.263 e. The molecule has 20 heavy (non-hydrogen) atoms. The molecule has 0 aliphatic heterocycles. The molecule has 0 saturated heterocycles. The lowest BCUT2D eigenvalue weighted by Crippen LogP contribution is -2.20. The number of halogens is 2. The second kappa shape index (κ2) is 6.51. The Morgan fingerprint density at radius 1 is 1.50 bits per heavy atom. The molecule has 7 heteroatoms. The number of hydrogen-bond acceptors (Lipinski definition) is 3. The predicted octanol–water partition coefficient (Wildman–Crippen LogP) is 2.89. The summed E-state index contributed by atoms with van der Waals surface area (Å²) in [6.07, 6.45) is 0.795. The fourth-order valence-corrected chi connectivity index (χ4v) is 1.85. The van der Waals surface area contributed by atoms with Gasteiger partial charge >= 0.3 is 0 Å². The van der Waals surface area contributed by atoms with Crippen molar-refractivity contribution in [3.8, 4) is 5.75 Å². The van der Waals surface area contributed by atoms with Crippen LogP contribution in [0.5, 0.6) is 5.75 Å². The van der Waals surface area contributed by atoms with E-state index in [9.17, 15) is 9.18 Å². The van der Waals surface area contributed by atoms with Crippen LogP contribution in [0, 0.1) is 5.82 Å². The average molecular weight is 342 g/mol. The molecule has 0 bridgehead atoms. The molecule has 0 aliphatic carbocycles. The quantitative estimate of drug-likeness (QED) is 0.878. The molecule has 106 valence electrons. The van der Waals surface area contributed by atoms with E-state index in [0.29, 0.717) is 10.3 Å². The van der Waals surface area contributed by atoms with E-state index in [0.717, 1.165) is 12.1 Å². The molecular formula is C13H13BrFN3O2. The Hall–Kier alpha value is -1.89. The lowest BCUT2D eigenvalue weighted by molar-refractivity contribution is -0.118. The third kappa shape index (κ3) is 3.80. The van der Waals surface area contributed by atoms with E-state index >= 15 is 0 Å². The lowest BCUT2D eigenvalue weighted by atomic mass is 10.3. The fraction of sp³-hybridized carbons (Fsp3) is 0.231. The molecule has 0 aliphatic rings. The molecule has 1 aromatic carbocycles. The normalized spacial score (nSPS) is 10.3. The number of ether oxygens (including phenoxy) is 1. The van der Waals surface area contributed by atoms with Crippen LogP contribution in [0.3, 0.4) is 0 Å². The first-order valence-corrected chi connectivity index (χ1v) is 6.79. The Kier molecular flexibility index (Phi) is 4.73. The minimum absolute atomic E-state index is 0.0274. The van der Waals surface area contributed by atoms with E-state index in [-0.39, 0.29) is 12.4 Å². The van der Waals surface area contributed by atoms with Gasteiger partial charge in [0.25, 0.3) is 5.91 Å². The fourth-order valence-electron chi connectivity index (χ4n) is 1.52. The van der Waals surface area contributed by atoms with Gasteiger partial charge in [0, 0.05) is 16.2 Å². The summed E-state index contributed by atoms with van der Waals surface area (Å²) in [6, 6.07) is 6.10. The Morgan fingerprint density at radius 3 is 2.95 bits per heavy atom. The van der Waals surface area contributed by atoms with E-state index in [2.05, 4.69) is 31.4 Å². The Morgan fingerprint density at radius 2 is 2.30 bits per heavy atom. The molecule has 5 nitrogen and oxygen atoms in total. The highest BCUT2D eigenvalue weighted by molar-refractivity contribution is 9.10. The molecule has 0 atom stereocenters. The van der Waals surface area contributed by atoms with Crippen LogP contribution in [0.25, 0.3) is 0 Å². The first kappa shape index (κ1) is 14.5. The van der Waals surface area contributed by atoms with E-state index in [1.807, 2.05) is 6.92 Å². The van der Waals surface area contributed by atoms with Crippen molar-refractivity contribution in [1.82, 2.24) is 10.2 Å². The number of carbonyl (C=O) groups excluding carboxylic acids is 1. The number of aryl methyl sites for hydroxylation is 1. The third-order valence-corrected chi connectivity index (χ3v) is 3.03. The van der Waals surface area contributed by atoms with Crippen molar-refractivity contribution in [2.75, 3.05) is 11.9 Å². The van der Waals surface area contributed by atoms with Crippen LogP contribution in [-0.4, -0.2) is 22.7 Å². The number of nitrogens with zero attached hydrogens (tertiary/aromatic N) is 1. The molecule has 2 N–H and O–H groups in total. The van der Waals surface area contributed by atoms with Crippen LogP contribution in [0.4, 0.5) is 10.2 Å². The first-order chi connectivity index (χ1) is 9.58. The van der Waals surface area contributed by atoms with Gasteiger partial charge in [-0.3, -0.25) is 9.89 Å². The largest absolute Gasteiger partial charge is 0.481 e. The highest BCUT2D eigenvalue weighted by Gasteiger charge is 2.09. The third-order valence-electron chi connectivity index (χ3n) is 2.53. The number of H-pyrrole nitrogens is 1. The monoisotopic (exact) mass is 341 g/mol. The van der Waals surface area contributed by atoms with Crippen molar-refractivity contribution in [3.05, 3.63) is 40.2 Å². The topological polar surface area (TPSA) is 67.0 Å². The summed E-state index contributed by atoms with van der Waals surface area (Å²) in [5.74, 6) is -0.479. The van der Waals surface area contributed by atoms with E-state index < -0.39 is 11.7 Å². The van der Waals surface area contributed by atoms with Crippen LogP contribution in [0.2, 0.25) is 0 Å². The molecular weight excluding hydrogens is 329 g/mol. The number of aromatic nitrogens is 2. The van der Waals surface area contributed by atoms with Gasteiger partial charge in [0.15, 0.2) is 24.0 Å². The van der Waals surface area contributed by atoms with E-state index in [1.54, 1.807) is 12.1 Å². The van der Waals surface area contributed by atoms with Gasteiger partial charge < -0.3 is 10.1 Å². The maximum Gasteiger partial charge on any atom is 0.263 e. The van der Waals surface area contributed by atoms with Crippen LogP contribution < -0.4 is 10.1 Å². The van der Waals surface area contributed by atoms with Crippen molar-refractivity contribution in [2.24, 2.45) is 0 Å². The molecule has 1 amide bonds. The second-order valence-electron chi connectivity index (χ2n) is 4.04. The zero-order valence-corrected chi connectivity index (χ0v) is 12.3. The number of anilines is 1. The van der Waals surface area contributed by atoms with Gasteiger partial charge in [-0.1, -0.05) is 22.9 Å². The van der Waals surface area contributed by atoms with Gasteiger partial charge in [0.1, 0.15) is 0 Å². The van der Waals surface area contributed by atoms with Crippen molar-refractivity contribution >= 4 is 27.7 Å². The summed E-state index contributed by atoms with van der Waals surface area (Å²) in [4.78, 5) is 11.6. The maximum absolute atomic E-state index is 13.5. The van der Waals surface area contributed by atoms with E-state index in [1.165, 1.54) is 12.1 Å². The van der Waals surface area contributed by atoms with Gasteiger partial charge in [-0.05, 0) is 24.6 Å². The minimum Gasteiger partial charge on any atom is -0.481 e. The highest BCUT2D eigenvalue weighted by atomic mass is 79.9. The molecule has 0 spiro atoms. The molecule has 0 fully saturated rings. The van der Waals surface area contributed by atoms with E-state index in [4.69, 9.17) is 4.74 Å². The maximum atomic E-state index is 13.5. The van der Waals surface area contributed by atoms with Gasteiger partial charge in [0.05, 0.1) is 0 Å². The summed E-state index contributed by atoms with van der Waals surface area (Å²) in [7, 11) is 0. The summed E-state index contributed by atoms with van der Waals surface area (Å²) in [5.41, 5.74) is 0.917. The zero-order valence-electron chi connectivity index (χ0n) is 10.7. The van der Waals surface area contributed by atoms with Gasteiger partial charge in [-0.2, -0.15) is 5.10 Å². The Balaban J connectivity index is 1.88. The summed E-state index contributed by atoms with van der Waals surface area (Å²) < 4.78 is 19.2. The summed E-state index contributed by atoms with van der Waals surface area (Å²) >= 11 is 3.14. The van der Waals surface area contributed by atoms with Gasteiger partial charge in [0.2, 0.25) is 0 Å². The zero-order chi connectivity index (χ0) is 14.5. The van der Waals surface area contributed by atoms with Crippen molar-refractivity contribution in [2.45, 2.75) is 13.3 Å². The highest BCUT2D eigenvalue weighted by Crippen LogP contribution is 2.21. The number of benzene rings is 1. The number of carbonyl (C=O) groups is 1. The van der Waals surface area contributed by atoms with Crippen LogP contribution in [0.15, 0.2) is 28.7 Å². The molecule has 0 radical (unpaired) electrons. The number of amides is 1. The van der Waals surface area contributed by atoms with Crippen LogP contribution >= 0.6 is 15.9 Å². The summed E-state index contributed by atoms with van der Waals surface area (Å²) in [5, 5.41) is 9.26. The Labute approximate surface area is 123 Å². The SMILES string of the molecule is CCc1cc(NC(=O)COc2ccc(Br)cc2F)n[nH]1. The minimum atomic E-state index is -0.528. The van der Waals surface area contributed by atoms with Crippen molar-refractivity contribution in [1.29, 1.82) is 0 Å². The predicted molar refractivity (Wildman–Crippen MR) is 76.2 cm³/mol. The number of rotatable bonds is 5.